The highest BCUT2D eigenvalue weighted by Crippen LogP contribution is 2.30. The van der Waals surface area contributed by atoms with Crippen molar-refractivity contribution in [3.63, 3.8) is 0 Å². The molecule has 2 aromatic carbocycles. The number of halogens is 2. The molecule has 1 aliphatic heterocycles. The first-order valence-electron chi connectivity index (χ1n) is 9.27. The third-order valence-corrected chi connectivity index (χ3v) is 7.08. The fourth-order valence-corrected chi connectivity index (χ4v) is 5.33. The molecule has 1 aliphatic rings. The Morgan fingerprint density at radius 3 is 2.21 bits per heavy atom. The molecule has 1 N–H and O–H groups in total. The quantitative estimate of drug-likeness (QED) is 0.699. The van der Waals surface area contributed by atoms with Gasteiger partial charge >= 0.3 is 0 Å². The summed E-state index contributed by atoms with van der Waals surface area (Å²) in [6.45, 7) is 0.994. The first kappa shape index (κ1) is 21.9. The van der Waals surface area contributed by atoms with Gasteiger partial charge in [0.25, 0.3) is 5.91 Å². The lowest BCUT2D eigenvalue weighted by Crippen LogP contribution is -2.32. The Hall–Kier alpha value is -1.80. The van der Waals surface area contributed by atoms with Crippen LogP contribution in [0.25, 0.3) is 0 Å². The van der Waals surface area contributed by atoms with E-state index in [4.69, 9.17) is 27.9 Å². The van der Waals surface area contributed by atoms with Crippen LogP contribution in [0, 0.1) is 0 Å². The van der Waals surface area contributed by atoms with Crippen molar-refractivity contribution in [1.82, 2.24) is 4.31 Å². The number of carbonyl (C=O) groups is 1. The maximum atomic E-state index is 13.1. The van der Waals surface area contributed by atoms with Crippen molar-refractivity contribution >= 4 is 44.8 Å². The van der Waals surface area contributed by atoms with E-state index in [0.29, 0.717) is 28.9 Å². The fourth-order valence-electron chi connectivity index (χ4n) is 3.26. The molecule has 0 unspecified atom stereocenters. The van der Waals surface area contributed by atoms with Gasteiger partial charge in [0.2, 0.25) is 10.0 Å². The summed E-state index contributed by atoms with van der Waals surface area (Å²) in [5.41, 5.74) is 0.509. The average molecular weight is 457 g/mol. The van der Waals surface area contributed by atoms with E-state index in [1.165, 1.54) is 47.8 Å². The predicted molar refractivity (Wildman–Crippen MR) is 115 cm³/mol. The Kier molecular flexibility index (Phi) is 7.05. The number of anilines is 1. The Morgan fingerprint density at radius 1 is 1.00 bits per heavy atom. The monoisotopic (exact) mass is 456 g/mol. The number of hydrogen-bond donors (Lipinski definition) is 1. The van der Waals surface area contributed by atoms with Crippen molar-refractivity contribution in [3.05, 3.63) is 52.0 Å². The molecule has 0 atom stereocenters. The molecule has 0 bridgehead atoms. The van der Waals surface area contributed by atoms with E-state index < -0.39 is 15.9 Å². The highest BCUT2D eigenvalue weighted by atomic mass is 35.5. The van der Waals surface area contributed by atoms with Gasteiger partial charge in [0.05, 0.1) is 17.7 Å². The molecular formula is C20H22Cl2N2O4S. The summed E-state index contributed by atoms with van der Waals surface area (Å²) in [5, 5.41) is 3.35. The second-order valence-corrected chi connectivity index (χ2v) is 9.60. The number of benzene rings is 2. The molecule has 156 valence electrons. The van der Waals surface area contributed by atoms with E-state index in [1.54, 1.807) is 0 Å². The summed E-state index contributed by atoms with van der Waals surface area (Å²) in [7, 11) is -2.21. The predicted octanol–water partition coefficient (Wildman–Crippen LogP) is 4.82. The maximum Gasteiger partial charge on any atom is 0.255 e. The highest BCUT2D eigenvalue weighted by molar-refractivity contribution is 7.89. The molecule has 1 saturated heterocycles. The molecule has 0 radical (unpaired) electrons. The van der Waals surface area contributed by atoms with Gasteiger partial charge in [-0.3, -0.25) is 4.79 Å². The third-order valence-electron chi connectivity index (χ3n) is 4.75. The van der Waals surface area contributed by atoms with E-state index in [0.717, 1.165) is 25.7 Å². The number of sulfonamides is 1. The number of rotatable bonds is 5. The minimum atomic E-state index is -3.66. The minimum Gasteiger partial charge on any atom is -0.495 e. The van der Waals surface area contributed by atoms with Gasteiger partial charge in [-0.15, -0.1) is 0 Å². The van der Waals surface area contributed by atoms with Gasteiger partial charge in [0, 0.05) is 28.7 Å². The molecule has 6 nitrogen and oxygen atoms in total. The lowest BCUT2D eigenvalue weighted by atomic mass is 10.2. The molecule has 0 aromatic heterocycles. The second kappa shape index (κ2) is 9.34. The summed E-state index contributed by atoms with van der Waals surface area (Å²) < 4.78 is 32.9. The smallest absolute Gasteiger partial charge is 0.255 e. The SMILES string of the molecule is COc1ccc(S(=O)(=O)N2CCCCCC2)cc1NC(=O)c1cc(Cl)cc(Cl)c1. The first-order chi connectivity index (χ1) is 13.8. The number of amides is 1. The van der Waals surface area contributed by atoms with E-state index >= 15 is 0 Å². The van der Waals surface area contributed by atoms with Crippen LogP contribution in [0.15, 0.2) is 41.3 Å². The Morgan fingerprint density at radius 2 is 1.62 bits per heavy atom. The van der Waals surface area contributed by atoms with Crippen molar-refractivity contribution in [3.8, 4) is 5.75 Å². The van der Waals surface area contributed by atoms with Crippen LogP contribution in [-0.2, 0) is 10.0 Å². The Balaban J connectivity index is 1.91. The number of hydrogen-bond acceptors (Lipinski definition) is 4. The zero-order chi connectivity index (χ0) is 21.0. The number of nitrogens with zero attached hydrogens (tertiary/aromatic N) is 1. The summed E-state index contributed by atoms with van der Waals surface area (Å²) in [5.74, 6) is -0.127. The van der Waals surface area contributed by atoms with Crippen LogP contribution in [0.4, 0.5) is 5.69 Å². The van der Waals surface area contributed by atoms with Gasteiger partial charge in [-0.05, 0) is 49.2 Å². The number of ether oxygens (including phenoxy) is 1. The normalized spacial score (nSPS) is 15.6. The Bertz CT molecular complexity index is 983. The van der Waals surface area contributed by atoms with Crippen molar-refractivity contribution in [2.24, 2.45) is 0 Å². The van der Waals surface area contributed by atoms with Crippen LogP contribution in [0.2, 0.25) is 10.0 Å². The van der Waals surface area contributed by atoms with Gasteiger partial charge in [0.1, 0.15) is 5.75 Å². The van der Waals surface area contributed by atoms with E-state index in [2.05, 4.69) is 5.32 Å². The molecule has 9 heteroatoms. The lowest BCUT2D eigenvalue weighted by Gasteiger charge is -2.21. The largest absolute Gasteiger partial charge is 0.495 e. The van der Waals surface area contributed by atoms with E-state index in [1.807, 2.05) is 0 Å². The molecular weight excluding hydrogens is 435 g/mol. The van der Waals surface area contributed by atoms with E-state index in [9.17, 15) is 13.2 Å². The first-order valence-corrected chi connectivity index (χ1v) is 11.5. The molecule has 29 heavy (non-hydrogen) atoms. The standard InChI is InChI=1S/C20H22Cl2N2O4S/c1-28-19-7-6-17(29(26,27)24-8-4-2-3-5-9-24)13-18(19)23-20(25)14-10-15(21)12-16(22)11-14/h6-7,10-13H,2-5,8-9H2,1H3,(H,23,25). The van der Waals surface area contributed by atoms with E-state index in [-0.39, 0.29) is 16.1 Å². The summed E-state index contributed by atoms with van der Waals surface area (Å²) >= 11 is 11.9. The zero-order valence-corrected chi connectivity index (χ0v) is 18.3. The van der Waals surface area contributed by atoms with Crippen molar-refractivity contribution in [2.75, 3.05) is 25.5 Å². The topological polar surface area (TPSA) is 75.7 Å². The van der Waals surface area contributed by atoms with Crippen molar-refractivity contribution < 1.29 is 17.9 Å². The molecule has 1 amide bonds. The summed E-state index contributed by atoms with van der Waals surface area (Å²) in [4.78, 5) is 12.8. The van der Waals surface area contributed by atoms with Gasteiger partial charge in [0.15, 0.2) is 0 Å². The average Bonchev–Trinajstić information content (AvgIpc) is 2.97. The zero-order valence-electron chi connectivity index (χ0n) is 16.0. The fraction of sp³-hybridized carbons (Fsp3) is 0.350. The van der Waals surface area contributed by atoms with Gasteiger partial charge < -0.3 is 10.1 Å². The molecule has 1 fully saturated rings. The van der Waals surface area contributed by atoms with Crippen molar-refractivity contribution in [1.29, 1.82) is 0 Å². The number of methoxy groups -OCH3 is 1. The number of nitrogens with one attached hydrogen (secondary N) is 1. The molecule has 2 aromatic rings. The van der Waals surface area contributed by atoms with Gasteiger partial charge in [-0.25, -0.2) is 8.42 Å². The second-order valence-electron chi connectivity index (χ2n) is 6.79. The third kappa shape index (κ3) is 5.22. The van der Waals surface area contributed by atoms with Crippen LogP contribution in [0.3, 0.4) is 0 Å². The van der Waals surface area contributed by atoms with Crippen LogP contribution in [0.5, 0.6) is 5.75 Å². The Labute approximate surface area is 180 Å². The molecule has 0 spiro atoms. The van der Waals surface area contributed by atoms with Gasteiger partial charge in [-0.2, -0.15) is 4.31 Å². The van der Waals surface area contributed by atoms with Gasteiger partial charge in [-0.1, -0.05) is 36.0 Å². The molecule has 1 heterocycles. The molecule has 3 rings (SSSR count). The van der Waals surface area contributed by atoms with Crippen LogP contribution in [0.1, 0.15) is 36.0 Å². The van der Waals surface area contributed by atoms with Crippen LogP contribution >= 0.6 is 23.2 Å². The lowest BCUT2D eigenvalue weighted by molar-refractivity contribution is 0.102. The summed E-state index contributed by atoms with van der Waals surface area (Å²) in [6, 6.07) is 8.92. The minimum absolute atomic E-state index is 0.111. The summed E-state index contributed by atoms with van der Waals surface area (Å²) in [6.07, 6.45) is 3.74. The van der Waals surface area contributed by atoms with Crippen molar-refractivity contribution in [2.45, 2.75) is 30.6 Å². The van der Waals surface area contributed by atoms with Crippen LogP contribution < -0.4 is 10.1 Å². The molecule has 0 saturated carbocycles. The molecule has 0 aliphatic carbocycles. The highest BCUT2D eigenvalue weighted by Gasteiger charge is 2.26. The number of carbonyl (C=O) groups excluding carboxylic acids is 1. The van der Waals surface area contributed by atoms with Crippen LogP contribution in [-0.4, -0.2) is 38.8 Å². The maximum absolute atomic E-state index is 13.1.